The molecule has 0 atom stereocenters. The fourth-order valence-electron chi connectivity index (χ4n) is 4.90. The normalized spacial score (nSPS) is 13.8. The molecule has 37 heavy (non-hydrogen) atoms. The van der Waals surface area contributed by atoms with Crippen molar-refractivity contribution in [3.63, 3.8) is 0 Å². The van der Waals surface area contributed by atoms with Crippen molar-refractivity contribution in [3.8, 4) is 28.2 Å². The molecule has 0 bridgehead atoms. The molecule has 0 aliphatic heterocycles. The first-order valence-electron chi connectivity index (χ1n) is 12.4. The third-order valence-electron chi connectivity index (χ3n) is 7.13. The summed E-state index contributed by atoms with van der Waals surface area (Å²) in [4.78, 5) is 29.2. The highest BCUT2D eigenvalue weighted by Gasteiger charge is 2.25. The standard InChI is InChI=1S/C28H24N8O/c1-16-14-36(15-31-16)25-7-3-6-23-21(25)10-24(33-23)26-22-9-19(12-30-27(22)35-34-26)18-8-20(13-29-11-18)32-28(37)17-4-2-5-17/h3,6-15,17,33H,2,4-5H2,1H3,(H,32,37)(H,30,34,35). The molecular weight excluding hydrogens is 464 g/mol. The van der Waals surface area contributed by atoms with Crippen LogP contribution >= 0.6 is 0 Å². The molecule has 1 fully saturated rings. The molecule has 6 aromatic rings. The smallest absolute Gasteiger partial charge is 0.227 e. The number of hydrogen-bond acceptors (Lipinski definition) is 5. The summed E-state index contributed by atoms with van der Waals surface area (Å²) < 4.78 is 2.03. The number of aryl methyl sites for hydroxylation is 1. The van der Waals surface area contributed by atoms with E-state index in [4.69, 9.17) is 0 Å². The number of H-pyrrole nitrogens is 2. The molecule has 182 valence electrons. The monoisotopic (exact) mass is 488 g/mol. The Hall–Kier alpha value is -4.79. The maximum atomic E-state index is 12.4. The summed E-state index contributed by atoms with van der Waals surface area (Å²) in [6.07, 6.45) is 12.1. The Kier molecular flexibility index (Phi) is 4.88. The number of amides is 1. The van der Waals surface area contributed by atoms with E-state index in [-0.39, 0.29) is 11.8 Å². The summed E-state index contributed by atoms with van der Waals surface area (Å²) >= 11 is 0. The van der Waals surface area contributed by atoms with Gasteiger partial charge >= 0.3 is 0 Å². The summed E-state index contributed by atoms with van der Waals surface area (Å²) in [7, 11) is 0. The highest BCUT2D eigenvalue weighted by atomic mass is 16.1. The molecule has 1 aromatic carbocycles. The predicted octanol–water partition coefficient (Wildman–Crippen LogP) is 5.40. The lowest BCUT2D eigenvalue weighted by molar-refractivity contribution is -0.122. The molecule has 1 amide bonds. The highest BCUT2D eigenvalue weighted by Crippen LogP contribution is 2.33. The van der Waals surface area contributed by atoms with Crippen molar-refractivity contribution >= 4 is 33.5 Å². The maximum absolute atomic E-state index is 12.4. The average molecular weight is 489 g/mol. The maximum Gasteiger partial charge on any atom is 0.227 e. The zero-order valence-corrected chi connectivity index (χ0v) is 20.2. The van der Waals surface area contributed by atoms with E-state index in [1.165, 1.54) is 0 Å². The number of pyridine rings is 2. The highest BCUT2D eigenvalue weighted by molar-refractivity contribution is 5.98. The van der Waals surface area contributed by atoms with Gasteiger partial charge in [0.1, 0.15) is 0 Å². The molecule has 5 aromatic heterocycles. The quantitative estimate of drug-likeness (QED) is 0.300. The fourth-order valence-corrected chi connectivity index (χ4v) is 4.90. The van der Waals surface area contributed by atoms with Gasteiger partial charge in [-0.25, -0.2) is 9.97 Å². The summed E-state index contributed by atoms with van der Waals surface area (Å²) in [6, 6.07) is 12.3. The molecule has 5 heterocycles. The number of imidazole rings is 1. The van der Waals surface area contributed by atoms with Crippen molar-refractivity contribution in [2.45, 2.75) is 26.2 Å². The minimum absolute atomic E-state index is 0.0694. The Balaban J connectivity index is 1.26. The van der Waals surface area contributed by atoms with Gasteiger partial charge in [0.05, 0.1) is 41.0 Å². The van der Waals surface area contributed by atoms with E-state index in [1.54, 1.807) is 18.6 Å². The van der Waals surface area contributed by atoms with E-state index >= 15 is 0 Å². The van der Waals surface area contributed by atoms with Crippen molar-refractivity contribution in [3.05, 3.63) is 73.2 Å². The number of rotatable bonds is 5. The number of nitrogens with zero attached hydrogens (tertiary/aromatic N) is 5. The lowest BCUT2D eigenvalue weighted by Gasteiger charge is -2.24. The number of carbonyl (C=O) groups is 1. The zero-order chi connectivity index (χ0) is 24.9. The molecule has 7 rings (SSSR count). The van der Waals surface area contributed by atoms with Crippen LogP contribution in [0.2, 0.25) is 0 Å². The Morgan fingerprint density at radius 2 is 1.95 bits per heavy atom. The molecule has 9 nitrogen and oxygen atoms in total. The largest absolute Gasteiger partial charge is 0.353 e. The Labute approximate surface area is 212 Å². The van der Waals surface area contributed by atoms with E-state index < -0.39 is 0 Å². The van der Waals surface area contributed by atoms with Gasteiger partial charge in [0.15, 0.2) is 5.65 Å². The van der Waals surface area contributed by atoms with Crippen LogP contribution in [0.1, 0.15) is 25.0 Å². The molecule has 0 radical (unpaired) electrons. The van der Waals surface area contributed by atoms with E-state index in [2.05, 4.69) is 59.7 Å². The molecule has 0 saturated heterocycles. The van der Waals surface area contributed by atoms with Crippen LogP contribution in [0, 0.1) is 12.8 Å². The first kappa shape index (κ1) is 21.5. The van der Waals surface area contributed by atoms with Crippen molar-refractivity contribution in [1.29, 1.82) is 0 Å². The first-order chi connectivity index (χ1) is 18.1. The van der Waals surface area contributed by atoms with Crippen LogP contribution in [0.25, 0.3) is 50.1 Å². The van der Waals surface area contributed by atoms with Gasteiger partial charge < -0.3 is 14.9 Å². The van der Waals surface area contributed by atoms with Crippen LogP contribution in [-0.2, 0) is 4.79 Å². The van der Waals surface area contributed by atoms with Crippen LogP contribution in [0.4, 0.5) is 5.69 Å². The number of fused-ring (bicyclic) bond motifs is 2. The lowest BCUT2D eigenvalue weighted by atomic mass is 9.85. The topological polar surface area (TPSA) is 117 Å². The van der Waals surface area contributed by atoms with Crippen LogP contribution in [0.3, 0.4) is 0 Å². The van der Waals surface area contributed by atoms with Crippen LogP contribution in [-0.4, -0.2) is 40.6 Å². The number of aromatic nitrogens is 7. The third-order valence-corrected chi connectivity index (χ3v) is 7.13. The van der Waals surface area contributed by atoms with Gasteiger partial charge in [0.25, 0.3) is 0 Å². The minimum atomic E-state index is 0.0694. The number of benzene rings is 1. The molecule has 0 spiro atoms. The van der Waals surface area contributed by atoms with Gasteiger partial charge in [-0.05, 0) is 50.1 Å². The van der Waals surface area contributed by atoms with Crippen molar-refractivity contribution in [1.82, 2.24) is 34.7 Å². The number of nitrogens with one attached hydrogen (secondary N) is 3. The molecule has 1 aliphatic rings. The van der Waals surface area contributed by atoms with Gasteiger partial charge in [-0.3, -0.25) is 14.9 Å². The van der Waals surface area contributed by atoms with E-state index in [0.29, 0.717) is 11.3 Å². The van der Waals surface area contributed by atoms with Gasteiger partial charge in [-0.2, -0.15) is 5.10 Å². The van der Waals surface area contributed by atoms with Gasteiger partial charge in [0, 0.05) is 51.9 Å². The zero-order valence-electron chi connectivity index (χ0n) is 20.2. The van der Waals surface area contributed by atoms with Crippen LogP contribution in [0.15, 0.2) is 67.5 Å². The van der Waals surface area contributed by atoms with Crippen LogP contribution in [0.5, 0.6) is 0 Å². The summed E-state index contributed by atoms with van der Waals surface area (Å²) in [5.41, 5.74) is 7.91. The molecular formula is C28H24N8O. The summed E-state index contributed by atoms with van der Waals surface area (Å²) in [5, 5.41) is 12.6. The average Bonchev–Trinajstić information content (AvgIpc) is 3.60. The van der Waals surface area contributed by atoms with E-state index in [9.17, 15) is 4.79 Å². The Morgan fingerprint density at radius 3 is 2.76 bits per heavy atom. The number of anilines is 1. The number of carbonyl (C=O) groups excluding carboxylic acids is 1. The molecule has 9 heteroatoms. The first-order valence-corrected chi connectivity index (χ1v) is 12.4. The molecule has 3 N–H and O–H groups in total. The van der Waals surface area contributed by atoms with Crippen molar-refractivity contribution in [2.75, 3.05) is 5.32 Å². The molecule has 0 unspecified atom stereocenters. The van der Waals surface area contributed by atoms with Crippen molar-refractivity contribution in [2.24, 2.45) is 5.92 Å². The lowest BCUT2D eigenvalue weighted by Crippen LogP contribution is -2.28. The summed E-state index contributed by atoms with van der Waals surface area (Å²) in [5.74, 6) is 0.185. The van der Waals surface area contributed by atoms with E-state index in [0.717, 1.165) is 69.4 Å². The SMILES string of the molecule is Cc1cn(-c2cccc3[nH]c(-c4[nH]nc5ncc(-c6cncc(NC(=O)C7CCC7)c6)cc45)cc23)cn1. The van der Waals surface area contributed by atoms with Gasteiger partial charge in [-0.15, -0.1) is 0 Å². The molecule has 1 saturated carbocycles. The number of hydrogen-bond donors (Lipinski definition) is 3. The second kappa shape index (κ2) is 8.41. The van der Waals surface area contributed by atoms with Gasteiger partial charge in [0.2, 0.25) is 5.91 Å². The minimum Gasteiger partial charge on any atom is -0.353 e. The fraction of sp³-hybridized carbons (Fsp3) is 0.179. The second-order valence-electron chi connectivity index (χ2n) is 9.62. The Bertz CT molecular complexity index is 1790. The Morgan fingerprint density at radius 1 is 1.05 bits per heavy atom. The third kappa shape index (κ3) is 3.76. The summed E-state index contributed by atoms with van der Waals surface area (Å²) in [6.45, 7) is 1.98. The van der Waals surface area contributed by atoms with Gasteiger partial charge in [-0.1, -0.05) is 12.5 Å². The van der Waals surface area contributed by atoms with E-state index in [1.807, 2.05) is 36.1 Å². The van der Waals surface area contributed by atoms with Crippen LogP contribution < -0.4 is 5.32 Å². The second-order valence-corrected chi connectivity index (χ2v) is 9.62. The number of aromatic amines is 2. The molecule has 1 aliphatic carbocycles. The van der Waals surface area contributed by atoms with Crippen molar-refractivity contribution < 1.29 is 4.79 Å². The predicted molar refractivity (Wildman–Crippen MR) is 142 cm³/mol.